The number of aromatic nitrogens is 1. The SMILES string of the molecule is CCCc1ccc(Nc2ncc(N)s2)cc1. The molecule has 3 nitrogen and oxygen atoms in total. The van der Waals surface area contributed by atoms with E-state index >= 15 is 0 Å². The summed E-state index contributed by atoms with van der Waals surface area (Å²) in [7, 11) is 0. The van der Waals surface area contributed by atoms with E-state index in [0.717, 1.165) is 22.2 Å². The average molecular weight is 233 g/mol. The topological polar surface area (TPSA) is 50.9 Å². The monoisotopic (exact) mass is 233 g/mol. The summed E-state index contributed by atoms with van der Waals surface area (Å²) in [5.41, 5.74) is 8.03. The molecule has 0 aliphatic heterocycles. The van der Waals surface area contributed by atoms with E-state index in [2.05, 4.69) is 41.5 Å². The molecule has 4 heteroatoms. The molecule has 1 heterocycles. The first kappa shape index (κ1) is 11.0. The molecule has 0 radical (unpaired) electrons. The van der Waals surface area contributed by atoms with Crippen LogP contribution in [0.25, 0.3) is 0 Å². The summed E-state index contributed by atoms with van der Waals surface area (Å²) in [6.45, 7) is 2.19. The Morgan fingerprint density at radius 2 is 2.06 bits per heavy atom. The summed E-state index contributed by atoms with van der Waals surface area (Å²) >= 11 is 1.45. The largest absolute Gasteiger partial charge is 0.389 e. The number of nitrogens with one attached hydrogen (secondary N) is 1. The highest BCUT2D eigenvalue weighted by Gasteiger charge is 1.99. The van der Waals surface area contributed by atoms with Gasteiger partial charge in [-0.3, -0.25) is 0 Å². The fourth-order valence-corrected chi connectivity index (χ4v) is 2.11. The van der Waals surface area contributed by atoms with Crippen molar-refractivity contribution in [2.75, 3.05) is 11.1 Å². The van der Waals surface area contributed by atoms with Crippen LogP contribution in [0.2, 0.25) is 0 Å². The van der Waals surface area contributed by atoms with Gasteiger partial charge >= 0.3 is 0 Å². The third-order valence-corrected chi connectivity index (χ3v) is 3.01. The second-order valence-electron chi connectivity index (χ2n) is 3.64. The molecule has 0 amide bonds. The van der Waals surface area contributed by atoms with E-state index in [0.29, 0.717) is 0 Å². The molecule has 2 aromatic rings. The second kappa shape index (κ2) is 4.99. The zero-order valence-corrected chi connectivity index (χ0v) is 10.1. The molecule has 0 fully saturated rings. The molecule has 0 aliphatic rings. The lowest BCUT2D eigenvalue weighted by Gasteiger charge is -2.03. The van der Waals surface area contributed by atoms with Gasteiger partial charge in [0, 0.05) is 5.69 Å². The van der Waals surface area contributed by atoms with Gasteiger partial charge in [-0.05, 0) is 24.1 Å². The molecule has 0 aliphatic carbocycles. The molecule has 1 aromatic heterocycles. The molecule has 0 bridgehead atoms. The average Bonchev–Trinajstić information content (AvgIpc) is 2.67. The predicted octanol–water partition coefficient (Wildman–Crippen LogP) is 3.42. The number of anilines is 3. The zero-order chi connectivity index (χ0) is 11.4. The molecule has 0 spiro atoms. The van der Waals surface area contributed by atoms with Crippen molar-refractivity contribution in [1.82, 2.24) is 4.98 Å². The normalized spacial score (nSPS) is 10.3. The van der Waals surface area contributed by atoms with Crippen LogP contribution >= 0.6 is 11.3 Å². The molecule has 2 rings (SSSR count). The Bertz CT molecular complexity index is 448. The van der Waals surface area contributed by atoms with Crippen molar-refractivity contribution >= 4 is 27.2 Å². The quantitative estimate of drug-likeness (QED) is 0.850. The van der Waals surface area contributed by atoms with Crippen LogP contribution in [0, 0.1) is 0 Å². The van der Waals surface area contributed by atoms with Gasteiger partial charge in [0.1, 0.15) is 5.00 Å². The number of nitrogens with two attached hydrogens (primary N) is 1. The van der Waals surface area contributed by atoms with E-state index in [1.54, 1.807) is 6.20 Å². The maximum absolute atomic E-state index is 5.61. The Morgan fingerprint density at radius 1 is 1.31 bits per heavy atom. The van der Waals surface area contributed by atoms with E-state index in [1.165, 1.54) is 23.3 Å². The van der Waals surface area contributed by atoms with Gasteiger partial charge < -0.3 is 11.1 Å². The first-order valence-electron chi connectivity index (χ1n) is 5.35. The van der Waals surface area contributed by atoms with Crippen molar-refractivity contribution in [1.29, 1.82) is 0 Å². The standard InChI is InChI=1S/C12H15N3S/c1-2-3-9-4-6-10(7-5-9)15-12-14-8-11(13)16-12/h4-8H,2-3,13H2,1H3,(H,14,15). The fourth-order valence-electron chi connectivity index (χ4n) is 1.51. The Kier molecular flexibility index (Phi) is 3.41. The minimum atomic E-state index is 0.727. The number of nitrogen functional groups attached to an aromatic ring is 1. The Morgan fingerprint density at radius 3 is 2.62 bits per heavy atom. The fraction of sp³-hybridized carbons (Fsp3) is 0.250. The molecule has 0 unspecified atom stereocenters. The summed E-state index contributed by atoms with van der Waals surface area (Å²) in [5.74, 6) is 0. The van der Waals surface area contributed by atoms with Crippen LogP contribution in [0.1, 0.15) is 18.9 Å². The number of nitrogens with zero attached hydrogens (tertiary/aromatic N) is 1. The number of rotatable bonds is 4. The summed E-state index contributed by atoms with van der Waals surface area (Å²) in [5, 5.41) is 4.78. The van der Waals surface area contributed by atoms with Crippen LogP contribution in [-0.4, -0.2) is 4.98 Å². The van der Waals surface area contributed by atoms with E-state index in [9.17, 15) is 0 Å². The van der Waals surface area contributed by atoms with Crippen molar-refractivity contribution < 1.29 is 0 Å². The van der Waals surface area contributed by atoms with Gasteiger partial charge in [0.25, 0.3) is 0 Å². The third-order valence-electron chi connectivity index (χ3n) is 2.27. The van der Waals surface area contributed by atoms with Crippen molar-refractivity contribution in [3.63, 3.8) is 0 Å². The Hall–Kier alpha value is -1.55. The number of thiazole rings is 1. The van der Waals surface area contributed by atoms with Crippen LogP contribution in [0.3, 0.4) is 0 Å². The Labute approximate surface area is 99.3 Å². The molecular weight excluding hydrogens is 218 g/mol. The Balaban J connectivity index is 2.05. The highest BCUT2D eigenvalue weighted by molar-refractivity contribution is 7.19. The molecule has 0 saturated carbocycles. The van der Waals surface area contributed by atoms with Crippen LogP contribution < -0.4 is 11.1 Å². The van der Waals surface area contributed by atoms with E-state index in [-0.39, 0.29) is 0 Å². The first-order chi connectivity index (χ1) is 7.78. The van der Waals surface area contributed by atoms with Gasteiger partial charge in [-0.1, -0.05) is 36.8 Å². The van der Waals surface area contributed by atoms with Crippen LogP contribution in [0.4, 0.5) is 15.8 Å². The number of hydrogen-bond donors (Lipinski definition) is 2. The predicted molar refractivity (Wildman–Crippen MR) is 70.2 cm³/mol. The van der Waals surface area contributed by atoms with E-state index in [4.69, 9.17) is 5.73 Å². The molecule has 1 aromatic carbocycles. The maximum atomic E-state index is 5.61. The summed E-state index contributed by atoms with van der Waals surface area (Å²) < 4.78 is 0. The van der Waals surface area contributed by atoms with Crippen LogP contribution in [-0.2, 0) is 6.42 Å². The van der Waals surface area contributed by atoms with Crippen LogP contribution in [0.5, 0.6) is 0 Å². The second-order valence-corrected chi connectivity index (χ2v) is 4.70. The lowest BCUT2D eigenvalue weighted by molar-refractivity contribution is 0.922. The lowest BCUT2D eigenvalue weighted by Crippen LogP contribution is -1.89. The maximum Gasteiger partial charge on any atom is 0.189 e. The minimum Gasteiger partial charge on any atom is -0.389 e. The zero-order valence-electron chi connectivity index (χ0n) is 9.23. The molecule has 16 heavy (non-hydrogen) atoms. The number of hydrogen-bond acceptors (Lipinski definition) is 4. The van der Waals surface area contributed by atoms with Gasteiger partial charge in [-0.25, -0.2) is 4.98 Å². The van der Waals surface area contributed by atoms with Gasteiger partial charge in [0.15, 0.2) is 5.13 Å². The highest BCUT2D eigenvalue weighted by atomic mass is 32.1. The highest BCUT2D eigenvalue weighted by Crippen LogP contribution is 2.23. The van der Waals surface area contributed by atoms with E-state index in [1.807, 2.05) is 0 Å². The minimum absolute atomic E-state index is 0.727. The van der Waals surface area contributed by atoms with Crippen molar-refractivity contribution in [3.05, 3.63) is 36.0 Å². The lowest BCUT2D eigenvalue weighted by atomic mass is 10.1. The van der Waals surface area contributed by atoms with Gasteiger partial charge in [0.2, 0.25) is 0 Å². The smallest absolute Gasteiger partial charge is 0.189 e. The van der Waals surface area contributed by atoms with Gasteiger partial charge in [0.05, 0.1) is 6.20 Å². The van der Waals surface area contributed by atoms with Crippen molar-refractivity contribution in [2.24, 2.45) is 0 Å². The first-order valence-corrected chi connectivity index (χ1v) is 6.17. The third kappa shape index (κ3) is 2.73. The van der Waals surface area contributed by atoms with Gasteiger partial charge in [-0.15, -0.1) is 0 Å². The molecule has 3 N–H and O–H groups in total. The van der Waals surface area contributed by atoms with Crippen LogP contribution in [0.15, 0.2) is 30.5 Å². The summed E-state index contributed by atoms with van der Waals surface area (Å²) in [6.07, 6.45) is 3.97. The number of benzene rings is 1. The van der Waals surface area contributed by atoms with Crippen molar-refractivity contribution in [3.8, 4) is 0 Å². The molecular formula is C12H15N3S. The summed E-state index contributed by atoms with van der Waals surface area (Å²) in [4.78, 5) is 4.15. The molecule has 84 valence electrons. The van der Waals surface area contributed by atoms with Crippen molar-refractivity contribution in [2.45, 2.75) is 19.8 Å². The molecule has 0 saturated heterocycles. The number of aryl methyl sites for hydroxylation is 1. The molecule has 0 atom stereocenters. The van der Waals surface area contributed by atoms with Gasteiger partial charge in [-0.2, -0.15) is 0 Å². The summed E-state index contributed by atoms with van der Waals surface area (Å²) in [6, 6.07) is 8.43. The van der Waals surface area contributed by atoms with E-state index < -0.39 is 0 Å².